The summed E-state index contributed by atoms with van der Waals surface area (Å²) in [4.78, 5) is 7.11. The molecule has 1 unspecified atom stereocenters. The molecule has 1 atom stereocenters. The van der Waals surface area contributed by atoms with Gasteiger partial charge in [-0.15, -0.1) is 5.10 Å². The molecule has 6 nitrogen and oxygen atoms in total. The summed E-state index contributed by atoms with van der Waals surface area (Å²) in [7, 11) is 0. The summed E-state index contributed by atoms with van der Waals surface area (Å²) in [5.74, 6) is -0.0268. The Balaban J connectivity index is 2.22. The van der Waals surface area contributed by atoms with E-state index in [9.17, 15) is 14.6 Å². The summed E-state index contributed by atoms with van der Waals surface area (Å²) in [6, 6.07) is 3.82. The Labute approximate surface area is 153 Å². The third-order valence-electron chi connectivity index (χ3n) is 3.99. The maximum atomic E-state index is 14.6. The highest BCUT2D eigenvalue weighted by Gasteiger charge is 2.32. The molecule has 1 aromatic carbocycles. The van der Waals surface area contributed by atoms with Crippen molar-refractivity contribution < 1.29 is 14.6 Å². The normalized spacial score (nSPS) is 13.0. The first-order valence-corrected chi connectivity index (χ1v) is 9.01. The molecule has 3 rings (SSSR count). The van der Waals surface area contributed by atoms with Crippen LogP contribution in [0.15, 0.2) is 18.2 Å². The minimum absolute atomic E-state index is 0.0960. The van der Waals surface area contributed by atoms with Gasteiger partial charge in [-0.1, -0.05) is 35.9 Å². The van der Waals surface area contributed by atoms with Crippen LogP contribution in [0.4, 0.5) is 4.39 Å². The summed E-state index contributed by atoms with van der Waals surface area (Å²) < 4.78 is 15.9. The van der Waals surface area contributed by atoms with Gasteiger partial charge in [0.05, 0.1) is 17.5 Å². The fourth-order valence-electron chi connectivity index (χ4n) is 2.88. The highest BCUT2D eigenvalue weighted by molar-refractivity contribution is 7.17. The zero-order valence-corrected chi connectivity index (χ0v) is 15.4. The van der Waals surface area contributed by atoms with Crippen LogP contribution >= 0.6 is 22.9 Å². The molecule has 3 aromatic rings. The highest BCUT2D eigenvalue weighted by atomic mass is 35.5. The lowest BCUT2D eigenvalue weighted by atomic mass is 10.0. The number of thiazole rings is 1. The number of benzene rings is 1. The van der Waals surface area contributed by atoms with Crippen LogP contribution in [0.25, 0.3) is 4.96 Å². The van der Waals surface area contributed by atoms with Crippen molar-refractivity contribution in [2.75, 3.05) is 19.7 Å². The minimum Gasteiger partial charge on any atom is -0.492 e. The van der Waals surface area contributed by atoms with E-state index in [1.165, 1.54) is 28.0 Å². The topological polar surface area (TPSA) is 73.9 Å². The van der Waals surface area contributed by atoms with E-state index in [1.54, 1.807) is 13.0 Å². The van der Waals surface area contributed by atoms with Gasteiger partial charge >= 0.3 is 0 Å². The molecule has 0 amide bonds. The molecule has 0 saturated heterocycles. The van der Waals surface area contributed by atoms with Crippen LogP contribution in [-0.4, -0.2) is 49.4 Å². The van der Waals surface area contributed by atoms with Crippen LogP contribution in [0.5, 0.6) is 5.88 Å². The summed E-state index contributed by atoms with van der Waals surface area (Å²) in [6.45, 7) is 4.36. The molecular weight excluding hydrogens is 367 g/mol. The van der Waals surface area contributed by atoms with Crippen LogP contribution in [0, 0.1) is 12.7 Å². The third kappa shape index (κ3) is 3.22. The Morgan fingerprint density at radius 2 is 2.20 bits per heavy atom. The van der Waals surface area contributed by atoms with E-state index < -0.39 is 11.9 Å². The van der Waals surface area contributed by atoms with Gasteiger partial charge in [0.15, 0.2) is 0 Å². The summed E-state index contributed by atoms with van der Waals surface area (Å²) in [5, 5.41) is 24.5. The number of nitrogens with zero attached hydrogens (tertiary/aromatic N) is 4. The van der Waals surface area contributed by atoms with E-state index in [0.29, 0.717) is 28.8 Å². The molecule has 2 aromatic heterocycles. The second-order valence-electron chi connectivity index (χ2n) is 5.53. The van der Waals surface area contributed by atoms with Gasteiger partial charge in [0.1, 0.15) is 11.6 Å². The van der Waals surface area contributed by atoms with Crippen molar-refractivity contribution in [1.82, 2.24) is 19.5 Å². The maximum absolute atomic E-state index is 14.6. The molecule has 134 valence electrons. The van der Waals surface area contributed by atoms with E-state index >= 15 is 0 Å². The average Bonchev–Trinajstić information content (AvgIpc) is 3.07. The zero-order chi connectivity index (χ0) is 18.1. The largest absolute Gasteiger partial charge is 0.492 e. The number of aromatic nitrogens is 3. The van der Waals surface area contributed by atoms with E-state index in [-0.39, 0.29) is 23.1 Å². The number of hydrogen-bond donors (Lipinski definition) is 2. The molecule has 0 fully saturated rings. The molecular formula is C16H18ClFN4O2S. The SMILES string of the molecule is CCN(CCO)C(c1sc2nc(C)nn2c1O)c1c(F)cccc1Cl. The van der Waals surface area contributed by atoms with Gasteiger partial charge in [-0.3, -0.25) is 4.90 Å². The van der Waals surface area contributed by atoms with Gasteiger partial charge in [-0.25, -0.2) is 9.37 Å². The number of hydrogen-bond acceptors (Lipinski definition) is 6. The first-order valence-electron chi connectivity index (χ1n) is 7.81. The number of aliphatic hydroxyl groups is 1. The number of aliphatic hydroxyl groups excluding tert-OH is 1. The fourth-order valence-corrected chi connectivity index (χ4v) is 4.29. The fraction of sp³-hybridized carbons (Fsp3) is 0.375. The lowest BCUT2D eigenvalue weighted by Crippen LogP contribution is -2.32. The Bertz CT molecular complexity index is 878. The molecule has 0 spiro atoms. The monoisotopic (exact) mass is 384 g/mol. The number of likely N-dealkylation sites (N-methyl/N-ethyl adjacent to an activating group) is 1. The van der Waals surface area contributed by atoms with Gasteiger partial charge in [-0.05, 0) is 25.6 Å². The van der Waals surface area contributed by atoms with E-state index in [0.717, 1.165) is 0 Å². The molecule has 0 aliphatic heterocycles. The molecule has 9 heteroatoms. The van der Waals surface area contributed by atoms with Gasteiger partial charge in [0, 0.05) is 17.1 Å². The van der Waals surface area contributed by atoms with Crippen molar-refractivity contribution in [3.05, 3.63) is 45.3 Å². The van der Waals surface area contributed by atoms with Gasteiger partial charge < -0.3 is 10.2 Å². The van der Waals surface area contributed by atoms with Crippen LogP contribution < -0.4 is 0 Å². The molecule has 0 saturated carbocycles. The first kappa shape index (κ1) is 18.1. The number of aryl methyl sites for hydroxylation is 1. The summed E-state index contributed by atoms with van der Waals surface area (Å²) in [6.07, 6.45) is 0. The molecule has 0 bridgehead atoms. The maximum Gasteiger partial charge on any atom is 0.230 e. The lowest BCUT2D eigenvalue weighted by molar-refractivity contribution is 0.172. The van der Waals surface area contributed by atoms with Crippen LogP contribution in [0.1, 0.15) is 29.2 Å². The zero-order valence-electron chi connectivity index (χ0n) is 13.8. The Kier molecular flexibility index (Phi) is 5.24. The second kappa shape index (κ2) is 7.25. The van der Waals surface area contributed by atoms with Gasteiger partial charge in [0.25, 0.3) is 0 Å². The predicted octanol–water partition coefficient (Wildman–Crippen LogP) is 3.00. The van der Waals surface area contributed by atoms with Gasteiger partial charge in [-0.2, -0.15) is 4.52 Å². The lowest BCUT2D eigenvalue weighted by Gasteiger charge is -2.30. The van der Waals surface area contributed by atoms with Crippen molar-refractivity contribution in [1.29, 1.82) is 0 Å². The smallest absolute Gasteiger partial charge is 0.230 e. The van der Waals surface area contributed by atoms with E-state index in [1.807, 2.05) is 11.8 Å². The molecule has 0 aliphatic carbocycles. The second-order valence-corrected chi connectivity index (χ2v) is 6.95. The quantitative estimate of drug-likeness (QED) is 0.683. The van der Waals surface area contributed by atoms with Gasteiger partial charge in [0.2, 0.25) is 10.8 Å². The number of rotatable bonds is 6. The standard InChI is InChI=1S/C16H18ClFN4O2S/c1-3-21(7-8-23)13(12-10(17)5-4-6-11(12)18)14-15(24)22-16(25-14)19-9(2)20-22/h4-6,13,23-24H,3,7-8H2,1-2H3. The Morgan fingerprint density at radius 3 is 2.80 bits per heavy atom. The molecule has 0 aliphatic rings. The van der Waals surface area contributed by atoms with Crippen molar-refractivity contribution in [2.45, 2.75) is 19.9 Å². The van der Waals surface area contributed by atoms with E-state index in [4.69, 9.17) is 11.6 Å². The van der Waals surface area contributed by atoms with Crippen molar-refractivity contribution in [3.8, 4) is 5.88 Å². The number of fused-ring (bicyclic) bond motifs is 1. The Morgan fingerprint density at radius 1 is 1.44 bits per heavy atom. The molecule has 2 N–H and O–H groups in total. The highest BCUT2D eigenvalue weighted by Crippen LogP contribution is 2.42. The van der Waals surface area contributed by atoms with Crippen molar-refractivity contribution >= 4 is 27.9 Å². The number of halogens is 2. The predicted molar refractivity (Wildman–Crippen MR) is 94.9 cm³/mol. The summed E-state index contributed by atoms with van der Waals surface area (Å²) in [5.41, 5.74) is 0.260. The van der Waals surface area contributed by atoms with Crippen molar-refractivity contribution in [2.24, 2.45) is 0 Å². The third-order valence-corrected chi connectivity index (χ3v) is 5.39. The van der Waals surface area contributed by atoms with Crippen LogP contribution in [0.2, 0.25) is 5.02 Å². The average molecular weight is 385 g/mol. The molecule has 0 radical (unpaired) electrons. The molecule has 25 heavy (non-hydrogen) atoms. The van der Waals surface area contributed by atoms with Crippen LogP contribution in [-0.2, 0) is 0 Å². The molecule has 2 heterocycles. The number of aromatic hydroxyl groups is 1. The Hall–Kier alpha value is -1.74. The van der Waals surface area contributed by atoms with E-state index in [2.05, 4.69) is 10.1 Å². The van der Waals surface area contributed by atoms with Crippen LogP contribution in [0.3, 0.4) is 0 Å². The minimum atomic E-state index is -0.653. The first-order chi connectivity index (χ1) is 12.0. The summed E-state index contributed by atoms with van der Waals surface area (Å²) >= 11 is 7.51. The van der Waals surface area contributed by atoms with Crippen molar-refractivity contribution in [3.63, 3.8) is 0 Å².